The number of fused-ring (bicyclic) bond motifs is 1. The average molecular weight is 287 g/mol. The Morgan fingerprint density at radius 2 is 2.19 bits per heavy atom. The van der Waals surface area contributed by atoms with Crippen LogP contribution in [0.2, 0.25) is 0 Å². The van der Waals surface area contributed by atoms with Gasteiger partial charge < -0.3 is 10.6 Å². The Bertz CT molecular complexity index is 722. The van der Waals surface area contributed by atoms with E-state index < -0.39 is 0 Å². The first-order valence-electron chi connectivity index (χ1n) is 6.78. The summed E-state index contributed by atoms with van der Waals surface area (Å²) in [5.41, 5.74) is 9.58. The van der Waals surface area contributed by atoms with Gasteiger partial charge in [0.15, 0.2) is 0 Å². The molecule has 0 spiro atoms. The molecule has 1 aliphatic heterocycles. The molecule has 1 aromatic carbocycles. The Morgan fingerprint density at radius 1 is 1.43 bits per heavy atom. The summed E-state index contributed by atoms with van der Waals surface area (Å²) in [6.07, 6.45) is 0.781. The summed E-state index contributed by atoms with van der Waals surface area (Å²) in [5.74, 6) is 0.561. The van der Waals surface area contributed by atoms with Gasteiger partial charge in [-0.2, -0.15) is 5.10 Å². The number of benzene rings is 1. The molecule has 0 atom stereocenters. The van der Waals surface area contributed by atoms with Gasteiger partial charge in [-0.3, -0.25) is 10.1 Å². The molecule has 7 nitrogen and oxygen atoms in total. The van der Waals surface area contributed by atoms with E-state index in [1.165, 1.54) is 0 Å². The molecule has 0 aliphatic carbocycles. The number of aromatic nitrogens is 2. The lowest BCUT2D eigenvalue weighted by atomic mass is 9.98. The van der Waals surface area contributed by atoms with Crippen LogP contribution in [-0.2, 0) is 20.0 Å². The Hall–Kier alpha value is -2.57. The SMILES string of the molecule is Cc1nn(C)c(N2CCc3c(N)cccc3C2)c1[N+](=O)[O-]. The topological polar surface area (TPSA) is 90.2 Å². The minimum absolute atomic E-state index is 0.0878. The number of hydrogen-bond acceptors (Lipinski definition) is 5. The van der Waals surface area contributed by atoms with Crippen molar-refractivity contribution in [3.63, 3.8) is 0 Å². The van der Waals surface area contributed by atoms with Crippen molar-refractivity contribution in [2.24, 2.45) is 7.05 Å². The highest BCUT2D eigenvalue weighted by Crippen LogP contribution is 2.34. The van der Waals surface area contributed by atoms with Gasteiger partial charge in [0.2, 0.25) is 5.82 Å². The lowest BCUT2D eigenvalue weighted by Gasteiger charge is -2.30. The highest BCUT2D eigenvalue weighted by molar-refractivity contribution is 5.63. The van der Waals surface area contributed by atoms with Crippen molar-refractivity contribution in [1.82, 2.24) is 9.78 Å². The molecule has 0 saturated heterocycles. The van der Waals surface area contributed by atoms with Gasteiger partial charge in [-0.25, -0.2) is 4.68 Å². The van der Waals surface area contributed by atoms with Gasteiger partial charge in [0, 0.05) is 25.8 Å². The summed E-state index contributed by atoms with van der Waals surface area (Å²) >= 11 is 0. The summed E-state index contributed by atoms with van der Waals surface area (Å²) in [5, 5.41) is 15.5. The molecule has 21 heavy (non-hydrogen) atoms. The Morgan fingerprint density at radius 3 is 2.90 bits per heavy atom. The summed E-state index contributed by atoms with van der Waals surface area (Å²) < 4.78 is 1.59. The van der Waals surface area contributed by atoms with Crippen LogP contribution in [0.1, 0.15) is 16.8 Å². The third-order valence-corrected chi connectivity index (χ3v) is 3.95. The molecule has 2 N–H and O–H groups in total. The second kappa shape index (κ2) is 4.76. The molecule has 3 rings (SSSR count). The zero-order chi connectivity index (χ0) is 15.1. The molecular weight excluding hydrogens is 270 g/mol. The smallest absolute Gasteiger partial charge is 0.333 e. The molecule has 110 valence electrons. The quantitative estimate of drug-likeness (QED) is 0.516. The molecular formula is C14H17N5O2. The van der Waals surface area contributed by atoms with Crippen molar-refractivity contribution in [2.45, 2.75) is 19.9 Å². The normalized spacial score (nSPS) is 14.1. The zero-order valence-corrected chi connectivity index (χ0v) is 12.0. The molecule has 0 fully saturated rings. The van der Waals surface area contributed by atoms with Crippen molar-refractivity contribution >= 4 is 17.2 Å². The lowest BCUT2D eigenvalue weighted by Crippen LogP contribution is -2.32. The van der Waals surface area contributed by atoms with Crippen LogP contribution < -0.4 is 10.6 Å². The van der Waals surface area contributed by atoms with Gasteiger partial charge in [-0.15, -0.1) is 0 Å². The van der Waals surface area contributed by atoms with Crippen LogP contribution >= 0.6 is 0 Å². The summed E-state index contributed by atoms with van der Waals surface area (Å²) in [4.78, 5) is 12.9. The van der Waals surface area contributed by atoms with Crippen LogP contribution in [0.4, 0.5) is 17.2 Å². The summed E-state index contributed by atoms with van der Waals surface area (Å²) in [6, 6.07) is 5.83. The van der Waals surface area contributed by atoms with Gasteiger partial charge in [0.25, 0.3) is 0 Å². The van der Waals surface area contributed by atoms with Gasteiger partial charge in [0.1, 0.15) is 5.69 Å². The molecule has 1 aliphatic rings. The molecule has 2 heterocycles. The fourth-order valence-corrected chi connectivity index (χ4v) is 3.02. The van der Waals surface area contributed by atoms with Crippen molar-refractivity contribution in [1.29, 1.82) is 0 Å². The fraction of sp³-hybridized carbons (Fsp3) is 0.357. The van der Waals surface area contributed by atoms with E-state index in [4.69, 9.17) is 5.73 Å². The molecule has 0 unspecified atom stereocenters. The second-order valence-corrected chi connectivity index (χ2v) is 5.29. The van der Waals surface area contributed by atoms with Crippen LogP contribution in [-0.4, -0.2) is 21.2 Å². The van der Waals surface area contributed by atoms with E-state index in [9.17, 15) is 10.1 Å². The van der Waals surface area contributed by atoms with Crippen molar-refractivity contribution in [2.75, 3.05) is 17.2 Å². The highest BCUT2D eigenvalue weighted by Gasteiger charge is 2.30. The Kier molecular flexibility index (Phi) is 3.04. The number of nitrogens with two attached hydrogens (primary N) is 1. The van der Waals surface area contributed by atoms with E-state index in [1.807, 2.05) is 23.1 Å². The number of rotatable bonds is 2. The maximum atomic E-state index is 11.3. The Balaban J connectivity index is 2.03. The van der Waals surface area contributed by atoms with E-state index in [0.717, 1.165) is 23.2 Å². The Labute approximate surface area is 122 Å². The number of anilines is 2. The summed E-state index contributed by atoms with van der Waals surface area (Å²) in [6.45, 7) is 2.97. The van der Waals surface area contributed by atoms with Crippen LogP contribution in [0.25, 0.3) is 0 Å². The van der Waals surface area contributed by atoms with Crippen LogP contribution in [0.3, 0.4) is 0 Å². The number of nitrogen functional groups attached to an aromatic ring is 1. The maximum Gasteiger partial charge on any atom is 0.333 e. The number of nitrogens with zero attached hydrogens (tertiary/aromatic N) is 4. The van der Waals surface area contributed by atoms with E-state index in [-0.39, 0.29) is 10.6 Å². The van der Waals surface area contributed by atoms with Crippen LogP contribution in [0.15, 0.2) is 18.2 Å². The monoisotopic (exact) mass is 287 g/mol. The fourth-order valence-electron chi connectivity index (χ4n) is 3.02. The van der Waals surface area contributed by atoms with Gasteiger partial charge in [-0.05, 0) is 30.5 Å². The standard InChI is InChI=1S/C14H17N5O2/c1-9-13(19(20)21)14(17(2)16-9)18-7-6-11-10(8-18)4-3-5-12(11)15/h3-5H,6-8,15H2,1-2H3. The number of nitro groups is 1. The first-order chi connectivity index (χ1) is 9.99. The highest BCUT2D eigenvalue weighted by atomic mass is 16.6. The molecule has 0 radical (unpaired) electrons. The molecule has 0 bridgehead atoms. The van der Waals surface area contributed by atoms with E-state index >= 15 is 0 Å². The minimum Gasteiger partial charge on any atom is -0.398 e. The molecule has 2 aromatic rings. The number of hydrogen-bond donors (Lipinski definition) is 1. The molecule has 0 amide bonds. The number of aryl methyl sites for hydroxylation is 2. The van der Waals surface area contributed by atoms with Crippen LogP contribution in [0, 0.1) is 17.0 Å². The van der Waals surface area contributed by atoms with Gasteiger partial charge in [0.05, 0.1) is 4.92 Å². The third-order valence-electron chi connectivity index (χ3n) is 3.95. The maximum absolute atomic E-state index is 11.3. The van der Waals surface area contributed by atoms with Crippen molar-refractivity contribution < 1.29 is 4.92 Å². The molecule has 0 saturated carbocycles. The molecule has 1 aromatic heterocycles. The first-order valence-corrected chi connectivity index (χ1v) is 6.78. The predicted molar refractivity (Wildman–Crippen MR) is 80.2 cm³/mol. The predicted octanol–water partition coefficient (Wildman–Crippen LogP) is 1.78. The largest absolute Gasteiger partial charge is 0.398 e. The average Bonchev–Trinajstić information content (AvgIpc) is 2.73. The molecule has 7 heteroatoms. The lowest BCUT2D eigenvalue weighted by molar-refractivity contribution is -0.384. The van der Waals surface area contributed by atoms with Crippen molar-refractivity contribution in [3.05, 3.63) is 45.1 Å². The zero-order valence-electron chi connectivity index (χ0n) is 12.0. The second-order valence-electron chi connectivity index (χ2n) is 5.29. The van der Waals surface area contributed by atoms with Crippen LogP contribution in [0.5, 0.6) is 0 Å². The third kappa shape index (κ3) is 2.10. The van der Waals surface area contributed by atoms with Crippen molar-refractivity contribution in [3.8, 4) is 0 Å². The summed E-state index contributed by atoms with van der Waals surface area (Å²) in [7, 11) is 1.74. The van der Waals surface area contributed by atoms with E-state index in [2.05, 4.69) is 5.10 Å². The first kappa shape index (κ1) is 13.4. The minimum atomic E-state index is -0.355. The van der Waals surface area contributed by atoms with E-state index in [0.29, 0.717) is 24.6 Å². The van der Waals surface area contributed by atoms with Gasteiger partial charge in [-0.1, -0.05) is 12.1 Å². The van der Waals surface area contributed by atoms with E-state index in [1.54, 1.807) is 18.7 Å². The van der Waals surface area contributed by atoms with Gasteiger partial charge >= 0.3 is 5.69 Å².